The first-order valence-electron chi connectivity index (χ1n) is 36.2. The number of oxazole rings is 1. The molecule has 0 radical (unpaired) electrons. The summed E-state index contributed by atoms with van der Waals surface area (Å²) < 4.78 is 21.4. The van der Waals surface area contributed by atoms with E-state index in [2.05, 4.69) is 174 Å². The number of hydrogen-bond donors (Lipinski definition) is 5. The van der Waals surface area contributed by atoms with E-state index in [0.29, 0.717) is 41.4 Å². The summed E-state index contributed by atoms with van der Waals surface area (Å²) in [5.41, 5.74) is 7.22. The number of fused-ring (bicyclic) bond motifs is 3. The van der Waals surface area contributed by atoms with Gasteiger partial charge in [-0.25, -0.2) is 4.98 Å². The molecule has 534 valence electrons. The molecule has 3 unspecified atom stereocenters. The minimum absolute atomic E-state index is 0.0495. The molecular weight excluding hydrogens is 1270 g/mol. The number of aromatic nitrogens is 9. The lowest BCUT2D eigenvalue weighted by atomic mass is 9.89. The molecule has 5 N–H and O–H groups in total. The van der Waals surface area contributed by atoms with Gasteiger partial charge in [0.1, 0.15) is 0 Å². The lowest BCUT2D eigenvalue weighted by Crippen LogP contribution is -2.47. The summed E-state index contributed by atoms with van der Waals surface area (Å²) in [5, 5.41) is 24.0. The third-order valence-electron chi connectivity index (χ3n) is 19.5. The zero-order valence-electron chi connectivity index (χ0n) is 59.3. The smallest absolute Gasteiger partial charge is 0.297 e. The summed E-state index contributed by atoms with van der Waals surface area (Å²) in [6.45, 7) is 22.5. The van der Waals surface area contributed by atoms with E-state index in [0.717, 1.165) is 217 Å². The van der Waals surface area contributed by atoms with Crippen molar-refractivity contribution < 1.29 is 33.0 Å². The van der Waals surface area contributed by atoms with Crippen LogP contribution in [0.2, 0.25) is 0 Å². The molecule has 3 saturated heterocycles. The maximum atomic E-state index is 13.1. The molecule has 9 heterocycles. The van der Waals surface area contributed by atoms with Gasteiger partial charge in [0.25, 0.3) is 11.9 Å². The number of carbonyl (C=O) groups is 3. The van der Waals surface area contributed by atoms with Gasteiger partial charge in [0.2, 0.25) is 16.1 Å². The molecule has 3 fully saturated rings. The van der Waals surface area contributed by atoms with Crippen LogP contribution in [0.15, 0.2) is 102 Å². The Morgan fingerprint density at radius 2 is 1.01 bits per heavy atom. The molecule has 0 spiro atoms. The van der Waals surface area contributed by atoms with E-state index in [1.807, 2.05) is 18.2 Å². The SMILES string of the molecule is CCCCC(CC(=O)c1cnc(N2CCN(CCOC)CC2)o1)Cc1c[nH]c2ccccc12.CCCCC(CC(=O)c1nc(N2CCN(CCOC)CC2)n[nH]1)Cc1c[nH]c2ccccc12.CCCCC(Cc1c[nH]c2ccccc12)NC(=O)c1nnc(N2CCN(CCOC)CC2)s1. The maximum Gasteiger partial charge on any atom is 0.297 e. The van der Waals surface area contributed by atoms with Gasteiger partial charge in [-0.15, -0.1) is 15.3 Å². The van der Waals surface area contributed by atoms with E-state index < -0.39 is 0 Å². The Morgan fingerprint density at radius 1 is 0.556 bits per heavy atom. The number of para-hydroxylation sites is 3. The van der Waals surface area contributed by atoms with Crippen molar-refractivity contribution in [1.82, 2.24) is 65.3 Å². The Labute approximate surface area is 587 Å². The van der Waals surface area contributed by atoms with Gasteiger partial charge in [-0.3, -0.25) is 34.2 Å². The summed E-state index contributed by atoms with van der Waals surface area (Å²) in [5.74, 6) is 1.94. The number of rotatable bonds is 35. The number of ether oxygens (including phenoxy) is 3. The number of unbranched alkanes of at least 4 members (excludes halogenated alkanes) is 3. The van der Waals surface area contributed by atoms with E-state index >= 15 is 0 Å². The first kappa shape index (κ1) is 73.9. The number of methoxy groups -OCH3 is 3. The largest absolute Gasteiger partial charge is 0.420 e. The quantitative estimate of drug-likeness (QED) is 0.0232. The molecular formula is C75H106N16O7S. The number of anilines is 3. The highest BCUT2D eigenvalue weighted by atomic mass is 32.1. The predicted molar refractivity (Wildman–Crippen MR) is 395 cm³/mol. The van der Waals surface area contributed by atoms with Crippen molar-refractivity contribution in [1.29, 1.82) is 0 Å². The number of nitrogens with zero attached hydrogens (tertiary/aromatic N) is 11. The minimum Gasteiger partial charge on any atom is -0.420 e. The van der Waals surface area contributed by atoms with Crippen LogP contribution in [-0.4, -0.2) is 223 Å². The third-order valence-corrected chi connectivity index (χ3v) is 20.5. The molecule has 9 aromatic rings. The fraction of sp³-hybridized carbons (Fsp3) is 0.547. The topological polar surface area (TPSA) is 251 Å². The van der Waals surface area contributed by atoms with Crippen molar-refractivity contribution in [3.05, 3.63) is 131 Å². The number of hydrogen-bond acceptors (Lipinski definition) is 19. The van der Waals surface area contributed by atoms with E-state index in [9.17, 15) is 14.4 Å². The number of amides is 1. The van der Waals surface area contributed by atoms with Gasteiger partial charge in [0.05, 0.1) is 26.0 Å². The van der Waals surface area contributed by atoms with E-state index in [-0.39, 0.29) is 35.4 Å². The second-order valence-corrected chi connectivity index (χ2v) is 27.6. The average Bonchev–Trinajstić information content (AvgIpc) is 1.77. The van der Waals surface area contributed by atoms with Crippen molar-refractivity contribution >= 4 is 78.6 Å². The zero-order chi connectivity index (χ0) is 69.1. The van der Waals surface area contributed by atoms with Crippen molar-refractivity contribution in [2.45, 2.75) is 117 Å². The van der Waals surface area contributed by atoms with Crippen LogP contribution >= 0.6 is 11.3 Å². The van der Waals surface area contributed by atoms with Crippen molar-refractivity contribution in [2.24, 2.45) is 11.8 Å². The number of nitrogens with one attached hydrogen (secondary N) is 5. The molecule has 99 heavy (non-hydrogen) atoms. The number of Topliss-reactive ketones (excluding diaryl/α,β-unsaturated/α-hetero) is 2. The zero-order valence-corrected chi connectivity index (χ0v) is 60.1. The first-order chi connectivity index (χ1) is 48.5. The molecule has 0 saturated carbocycles. The number of ketones is 2. The van der Waals surface area contributed by atoms with Gasteiger partial charge in [0, 0.05) is 190 Å². The molecule has 0 aliphatic carbocycles. The summed E-state index contributed by atoms with van der Waals surface area (Å²) in [6.07, 6.45) is 21.1. The number of piperazine rings is 3. The number of benzene rings is 3. The van der Waals surface area contributed by atoms with Crippen molar-refractivity contribution in [3.8, 4) is 0 Å². The second kappa shape index (κ2) is 38.7. The van der Waals surface area contributed by atoms with Crippen molar-refractivity contribution in [3.63, 3.8) is 0 Å². The van der Waals surface area contributed by atoms with Gasteiger partial charge in [-0.1, -0.05) is 125 Å². The third kappa shape index (κ3) is 21.4. The summed E-state index contributed by atoms with van der Waals surface area (Å²) >= 11 is 1.39. The minimum atomic E-state index is -0.126. The molecule has 0 bridgehead atoms. The van der Waals surface area contributed by atoms with Gasteiger partial charge in [-0.2, -0.15) is 4.98 Å². The van der Waals surface area contributed by atoms with Crippen LogP contribution in [0.3, 0.4) is 0 Å². The normalized spacial score (nSPS) is 15.8. The van der Waals surface area contributed by atoms with Crippen LogP contribution in [0.5, 0.6) is 0 Å². The standard InChI is InChI=1S/C26H36N4O3.C25H36N6O2.C24H34N6O2S/c1-3-4-7-20(16-21-18-27-23-9-6-5-8-22(21)23)17-24(31)25-19-28-26(33-25)30-12-10-29(11-13-30)14-15-32-2;1-3-4-7-19(16-20-18-26-22-9-6-5-8-21(20)22)17-23(32)24-27-25(29-28-24)31-12-10-30(11-13-31)14-15-33-2;1-3-4-7-19(16-18-17-25-21-9-6-5-8-20(18)21)26-22(31)23-27-28-24(33-23)30-12-10-29(11-13-30)14-15-32-2/h5-6,8-9,18-20,27H,3-4,7,10-17H2,1-2H3;5-6,8-9,18-19,26H,3-4,7,10-17H2,1-2H3,(H,27,28,29);5-6,8-9,17,19,25H,3-4,7,10-16H2,1-2H3,(H,26,31). The first-order valence-corrected chi connectivity index (χ1v) is 37.0. The van der Waals surface area contributed by atoms with E-state index in [4.69, 9.17) is 18.6 Å². The summed E-state index contributed by atoms with van der Waals surface area (Å²) in [6, 6.07) is 25.6. The Balaban J connectivity index is 0.000000161. The molecule has 12 rings (SSSR count). The average molecular weight is 1380 g/mol. The number of aromatic amines is 4. The van der Waals surface area contributed by atoms with Crippen LogP contribution in [-0.2, 0) is 33.5 Å². The Hall–Kier alpha value is -7.84. The fourth-order valence-corrected chi connectivity index (χ4v) is 14.4. The van der Waals surface area contributed by atoms with Crippen LogP contribution in [0.1, 0.15) is 139 Å². The second-order valence-electron chi connectivity index (χ2n) is 26.6. The van der Waals surface area contributed by atoms with Crippen molar-refractivity contribution in [2.75, 3.05) is 154 Å². The highest BCUT2D eigenvalue weighted by molar-refractivity contribution is 7.17. The highest BCUT2D eigenvalue weighted by Crippen LogP contribution is 2.30. The monoisotopic (exact) mass is 1370 g/mol. The van der Waals surface area contributed by atoms with Crippen LogP contribution in [0.25, 0.3) is 32.7 Å². The highest BCUT2D eigenvalue weighted by Gasteiger charge is 2.28. The lowest BCUT2D eigenvalue weighted by molar-refractivity contribution is 0.0924. The molecule has 23 nitrogen and oxygen atoms in total. The van der Waals surface area contributed by atoms with E-state index in [1.54, 1.807) is 27.5 Å². The molecule has 1 amide bonds. The molecule has 6 aromatic heterocycles. The predicted octanol–water partition coefficient (Wildman–Crippen LogP) is 11.5. The maximum absolute atomic E-state index is 13.1. The Bertz CT molecular complexity index is 3460. The Kier molecular flexibility index (Phi) is 28.8. The summed E-state index contributed by atoms with van der Waals surface area (Å²) in [7, 11) is 5.20. The van der Waals surface area contributed by atoms with Gasteiger partial charge >= 0.3 is 0 Å². The van der Waals surface area contributed by atoms with Crippen LogP contribution in [0.4, 0.5) is 17.1 Å². The summed E-state index contributed by atoms with van der Waals surface area (Å²) in [4.78, 5) is 71.9. The molecule has 3 aliphatic rings. The Morgan fingerprint density at radius 3 is 1.51 bits per heavy atom. The number of H-pyrrole nitrogens is 4. The van der Waals surface area contributed by atoms with Crippen LogP contribution < -0.4 is 20.0 Å². The van der Waals surface area contributed by atoms with Crippen LogP contribution in [0, 0.1) is 11.8 Å². The van der Waals surface area contributed by atoms with Gasteiger partial charge in [0.15, 0.2) is 23.2 Å². The lowest BCUT2D eigenvalue weighted by Gasteiger charge is -2.34. The fourth-order valence-electron chi connectivity index (χ4n) is 13.6. The molecule has 3 aromatic carbocycles. The number of carbonyl (C=O) groups excluding carboxylic acids is 3. The van der Waals surface area contributed by atoms with Gasteiger partial charge in [-0.05, 0) is 85.3 Å². The van der Waals surface area contributed by atoms with Gasteiger partial charge < -0.3 is 53.6 Å². The molecule has 3 aliphatic heterocycles. The van der Waals surface area contributed by atoms with E-state index in [1.165, 1.54) is 44.2 Å². The molecule has 3 atom stereocenters. The molecule has 24 heteroatoms.